The first-order valence-corrected chi connectivity index (χ1v) is 10.1. The summed E-state index contributed by atoms with van der Waals surface area (Å²) in [6.07, 6.45) is 5.85. The molecule has 0 radical (unpaired) electrons. The number of thiazole rings is 1. The van der Waals surface area contributed by atoms with Crippen molar-refractivity contribution in [1.29, 1.82) is 0 Å². The van der Waals surface area contributed by atoms with E-state index in [0.717, 1.165) is 48.6 Å². The fraction of sp³-hybridized carbons (Fsp3) is 0.526. The first kappa shape index (κ1) is 18.8. The van der Waals surface area contributed by atoms with Gasteiger partial charge in [-0.15, -0.1) is 11.3 Å². The van der Waals surface area contributed by atoms with Gasteiger partial charge in [0.1, 0.15) is 0 Å². The number of urea groups is 1. The van der Waals surface area contributed by atoms with Crippen molar-refractivity contribution in [2.75, 3.05) is 13.1 Å². The summed E-state index contributed by atoms with van der Waals surface area (Å²) in [6, 6.07) is 5.76. The number of aryl methyl sites for hydroxylation is 1. The average Bonchev–Trinajstić information content (AvgIpc) is 3.13. The van der Waals surface area contributed by atoms with Crippen LogP contribution in [0.1, 0.15) is 42.6 Å². The number of carbonyl (C=O) groups is 1. The summed E-state index contributed by atoms with van der Waals surface area (Å²) in [5.41, 5.74) is 1.85. The van der Waals surface area contributed by atoms with Crippen LogP contribution >= 0.6 is 11.3 Å². The molecule has 26 heavy (non-hydrogen) atoms. The molecule has 1 atom stereocenters. The van der Waals surface area contributed by atoms with Gasteiger partial charge in [0.2, 0.25) is 0 Å². The van der Waals surface area contributed by atoms with E-state index >= 15 is 0 Å². The third-order valence-electron chi connectivity index (χ3n) is 4.34. The van der Waals surface area contributed by atoms with Gasteiger partial charge in [-0.3, -0.25) is 4.98 Å². The smallest absolute Gasteiger partial charge is 0.317 e. The molecule has 3 heterocycles. The Morgan fingerprint density at radius 3 is 3.15 bits per heavy atom. The highest BCUT2D eigenvalue weighted by molar-refractivity contribution is 7.09. The molecule has 140 valence electrons. The van der Waals surface area contributed by atoms with E-state index in [9.17, 15) is 4.79 Å². The van der Waals surface area contributed by atoms with Crippen LogP contribution in [0.15, 0.2) is 29.8 Å². The van der Waals surface area contributed by atoms with Crippen molar-refractivity contribution in [3.05, 3.63) is 46.2 Å². The van der Waals surface area contributed by atoms with Crippen molar-refractivity contribution in [2.45, 2.75) is 51.9 Å². The van der Waals surface area contributed by atoms with Gasteiger partial charge in [-0.2, -0.15) is 0 Å². The highest BCUT2D eigenvalue weighted by Crippen LogP contribution is 2.15. The van der Waals surface area contributed by atoms with Gasteiger partial charge >= 0.3 is 6.03 Å². The molecule has 1 fully saturated rings. The maximum Gasteiger partial charge on any atom is 0.317 e. The van der Waals surface area contributed by atoms with Crippen LogP contribution < -0.4 is 5.32 Å². The van der Waals surface area contributed by atoms with E-state index in [1.807, 2.05) is 28.5 Å². The first-order valence-electron chi connectivity index (χ1n) is 9.22. The molecule has 2 aromatic rings. The molecule has 0 spiro atoms. The Morgan fingerprint density at radius 1 is 1.42 bits per heavy atom. The maximum absolute atomic E-state index is 12.4. The molecule has 0 aromatic carbocycles. The van der Waals surface area contributed by atoms with Crippen molar-refractivity contribution in [2.24, 2.45) is 0 Å². The minimum atomic E-state index is -0.0406. The van der Waals surface area contributed by atoms with E-state index in [-0.39, 0.29) is 12.1 Å². The van der Waals surface area contributed by atoms with Crippen molar-refractivity contribution in [3.63, 3.8) is 0 Å². The monoisotopic (exact) mass is 374 g/mol. The molecule has 0 saturated carbocycles. The van der Waals surface area contributed by atoms with Crippen LogP contribution in [0.25, 0.3) is 0 Å². The third kappa shape index (κ3) is 5.51. The maximum atomic E-state index is 12.4. The van der Waals surface area contributed by atoms with Crippen LogP contribution in [0.4, 0.5) is 4.79 Å². The molecule has 1 aliphatic heterocycles. The van der Waals surface area contributed by atoms with Gasteiger partial charge in [0.05, 0.1) is 35.7 Å². The second kappa shape index (κ2) is 9.64. The van der Waals surface area contributed by atoms with E-state index in [0.29, 0.717) is 19.7 Å². The zero-order valence-corrected chi connectivity index (χ0v) is 16.0. The van der Waals surface area contributed by atoms with Crippen molar-refractivity contribution in [3.8, 4) is 0 Å². The van der Waals surface area contributed by atoms with E-state index in [2.05, 4.69) is 22.2 Å². The van der Waals surface area contributed by atoms with Crippen LogP contribution in [-0.2, 0) is 24.3 Å². The summed E-state index contributed by atoms with van der Waals surface area (Å²) in [5, 5.41) is 6.15. The lowest BCUT2D eigenvalue weighted by Crippen LogP contribution is -2.47. The molecule has 3 rings (SSSR count). The number of ether oxygens (including phenoxy) is 1. The topological polar surface area (TPSA) is 67.4 Å². The molecule has 1 saturated heterocycles. The number of amides is 2. The fourth-order valence-corrected chi connectivity index (χ4v) is 3.88. The number of likely N-dealkylation sites (tertiary alicyclic amines) is 1. The Labute approximate surface area is 158 Å². The number of hydrogen-bond acceptors (Lipinski definition) is 5. The summed E-state index contributed by atoms with van der Waals surface area (Å²) in [6.45, 7) is 4.50. The van der Waals surface area contributed by atoms with E-state index in [1.165, 1.54) is 0 Å². The summed E-state index contributed by atoms with van der Waals surface area (Å²) in [7, 11) is 0. The van der Waals surface area contributed by atoms with Crippen LogP contribution in [0.2, 0.25) is 0 Å². The lowest BCUT2D eigenvalue weighted by Gasteiger charge is -2.32. The molecule has 2 aromatic heterocycles. The summed E-state index contributed by atoms with van der Waals surface area (Å²) < 4.78 is 5.95. The molecule has 6 nitrogen and oxygen atoms in total. The standard InChI is InChI=1S/C19H26N4O2S/c1-2-6-18-22-16(14-26-18)11-21-19(24)23-10-5-8-17(12-23)25-13-15-7-3-4-9-20-15/h3-4,7,9,14,17H,2,5-6,8,10-13H2,1H3,(H,21,24)/t17-/m0/s1. The summed E-state index contributed by atoms with van der Waals surface area (Å²) >= 11 is 1.66. The Hall–Kier alpha value is -1.99. The number of piperidine rings is 1. The number of nitrogens with zero attached hydrogens (tertiary/aromatic N) is 3. The zero-order chi connectivity index (χ0) is 18.2. The van der Waals surface area contributed by atoms with Crippen molar-refractivity contribution >= 4 is 17.4 Å². The highest BCUT2D eigenvalue weighted by Gasteiger charge is 2.24. The predicted octanol–water partition coefficient (Wildman–Crippen LogP) is 3.38. The number of rotatable bonds is 7. The predicted molar refractivity (Wildman–Crippen MR) is 102 cm³/mol. The molecular formula is C19H26N4O2S. The average molecular weight is 375 g/mol. The normalized spacial score (nSPS) is 17.3. The van der Waals surface area contributed by atoms with Crippen LogP contribution in [0.5, 0.6) is 0 Å². The van der Waals surface area contributed by atoms with Crippen LogP contribution in [0.3, 0.4) is 0 Å². The molecule has 0 bridgehead atoms. The van der Waals surface area contributed by atoms with Gasteiger partial charge < -0.3 is 15.0 Å². The van der Waals surface area contributed by atoms with Crippen molar-refractivity contribution in [1.82, 2.24) is 20.2 Å². The third-order valence-corrected chi connectivity index (χ3v) is 5.30. The lowest BCUT2D eigenvalue weighted by atomic mass is 10.1. The number of carbonyl (C=O) groups excluding carboxylic acids is 1. The largest absolute Gasteiger partial charge is 0.370 e. The van der Waals surface area contributed by atoms with Gasteiger partial charge in [-0.05, 0) is 37.8 Å². The van der Waals surface area contributed by atoms with Gasteiger partial charge in [0.15, 0.2) is 0 Å². The zero-order valence-electron chi connectivity index (χ0n) is 15.2. The quantitative estimate of drug-likeness (QED) is 0.807. The number of pyridine rings is 1. The summed E-state index contributed by atoms with van der Waals surface area (Å²) in [4.78, 5) is 23.1. The molecule has 0 unspecified atom stereocenters. The van der Waals surface area contributed by atoms with Crippen molar-refractivity contribution < 1.29 is 9.53 Å². The highest BCUT2D eigenvalue weighted by atomic mass is 32.1. The Bertz CT molecular complexity index is 692. The SMILES string of the molecule is CCCc1nc(CNC(=O)N2CCC[C@H](OCc3ccccn3)C2)cs1. The second-order valence-electron chi connectivity index (χ2n) is 6.48. The minimum Gasteiger partial charge on any atom is -0.370 e. The van der Waals surface area contributed by atoms with Gasteiger partial charge in [0.25, 0.3) is 0 Å². The molecule has 7 heteroatoms. The molecule has 1 aliphatic rings. The Kier molecular flexibility index (Phi) is 6.96. The number of hydrogen-bond donors (Lipinski definition) is 1. The summed E-state index contributed by atoms with van der Waals surface area (Å²) in [5.74, 6) is 0. The Morgan fingerprint density at radius 2 is 2.35 bits per heavy atom. The van der Waals surface area contributed by atoms with Gasteiger partial charge in [-0.1, -0.05) is 13.0 Å². The molecular weight excluding hydrogens is 348 g/mol. The van der Waals surface area contributed by atoms with E-state index in [1.54, 1.807) is 17.5 Å². The van der Waals surface area contributed by atoms with Crippen LogP contribution in [-0.4, -0.2) is 40.1 Å². The lowest BCUT2D eigenvalue weighted by molar-refractivity contribution is -0.00168. The number of nitrogens with one attached hydrogen (secondary N) is 1. The second-order valence-corrected chi connectivity index (χ2v) is 7.43. The number of aromatic nitrogens is 2. The van der Waals surface area contributed by atoms with Gasteiger partial charge in [0, 0.05) is 24.7 Å². The molecule has 2 amide bonds. The molecule has 1 N–H and O–H groups in total. The fourth-order valence-electron chi connectivity index (χ4n) is 2.98. The van der Waals surface area contributed by atoms with Gasteiger partial charge in [-0.25, -0.2) is 9.78 Å². The van der Waals surface area contributed by atoms with E-state index < -0.39 is 0 Å². The Balaban J connectivity index is 1.43. The van der Waals surface area contributed by atoms with Crippen LogP contribution in [0, 0.1) is 0 Å². The molecule has 0 aliphatic carbocycles. The van der Waals surface area contributed by atoms with E-state index in [4.69, 9.17) is 4.74 Å². The first-order chi connectivity index (χ1) is 12.7. The minimum absolute atomic E-state index is 0.0406.